The number of carbonyl (C=O) groups is 1. The molecule has 1 aromatic carbocycles. The van der Waals surface area contributed by atoms with Gasteiger partial charge < -0.3 is 14.8 Å². The van der Waals surface area contributed by atoms with Gasteiger partial charge >= 0.3 is 5.97 Å². The molecule has 0 aliphatic rings. The first-order valence-corrected chi connectivity index (χ1v) is 7.59. The van der Waals surface area contributed by atoms with Gasteiger partial charge in [0.2, 0.25) is 5.88 Å². The van der Waals surface area contributed by atoms with Crippen molar-refractivity contribution < 1.29 is 14.3 Å². The lowest BCUT2D eigenvalue weighted by molar-refractivity contribution is -0.142. The quantitative estimate of drug-likeness (QED) is 0.596. The predicted molar refractivity (Wildman–Crippen MR) is 86.2 cm³/mol. The summed E-state index contributed by atoms with van der Waals surface area (Å²) in [5.74, 6) is 0.974. The zero-order valence-corrected chi connectivity index (χ0v) is 13.4. The van der Waals surface area contributed by atoms with E-state index in [1.165, 1.54) is 5.56 Å². The van der Waals surface area contributed by atoms with Crippen LogP contribution in [0.25, 0.3) is 0 Å². The molecule has 0 saturated carbocycles. The Kier molecular flexibility index (Phi) is 6.50. The monoisotopic (exact) mass is 315 g/mol. The van der Waals surface area contributed by atoms with Crippen LogP contribution in [0.4, 0.5) is 0 Å². The maximum absolute atomic E-state index is 11.2. The third-order valence-corrected chi connectivity index (χ3v) is 3.04. The van der Waals surface area contributed by atoms with Gasteiger partial charge in [-0.3, -0.25) is 9.78 Å². The van der Waals surface area contributed by atoms with Crippen molar-refractivity contribution in [2.75, 3.05) is 13.2 Å². The first-order valence-electron chi connectivity index (χ1n) is 7.59. The molecule has 122 valence electrons. The van der Waals surface area contributed by atoms with Crippen LogP contribution in [0.5, 0.6) is 11.6 Å². The number of rotatable bonds is 8. The van der Waals surface area contributed by atoms with E-state index in [1.807, 2.05) is 31.2 Å². The molecule has 1 aromatic heterocycles. The number of nitrogens with zero attached hydrogens (tertiary/aromatic N) is 2. The Morgan fingerprint density at radius 2 is 1.96 bits per heavy atom. The molecule has 2 aromatic rings. The van der Waals surface area contributed by atoms with E-state index < -0.39 is 0 Å². The van der Waals surface area contributed by atoms with E-state index in [-0.39, 0.29) is 5.97 Å². The van der Waals surface area contributed by atoms with Crippen molar-refractivity contribution >= 4 is 5.97 Å². The van der Waals surface area contributed by atoms with E-state index in [0.717, 1.165) is 11.4 Å². The smallest absolute Gasteiger partial charge is 0.307 e. The van der Waals surface area contributed by atoms with Gasteiger partial charge in [0, 0.05) is 13.1 Å². The highest BCUT2D eigenvalue weighted by molar-refractivity contribution is 5.69. The Bertz CT molecular complexity index is 612. The van der Waals surface area contributed by atoms with Crippen LogP contribution < -0.4 is 10.1 Å². The summed E-state index contributed by atoms with van der Waals surface area (Å²) in [7, 11) is 0. The molecule has 0 atom stereocenters. The molecule has 2 rings (SSSR count). The van der Waals surface area contributed by atoms with Crippen molar-refractivity contribution in [1.29, 1.82) is 0 Å². The average Bonchev–Trinajstić information content (AvgIpc) is 2.55. The van der Waals surface area contributed by atoms with E-state index >= 15 is 0 Å². The highest BCUT2D eigenvalue weighted by Gasteiger charge is 2.03. The number of esters is 1. The fraction of sp³-hybridized carbons (Fsp3) is 0.353. The number of carbonyl (C=O) groups excluding carboxylic acids is 1. The number of ether oxygens (including phenoxy) is 2. The first-order chi connectivity index (χ1) is 11.2. The minimum Gasteiger partial charge on any atom is -0.466 e. The summed E-state index contributed by atoms with van der Waals surface area (Å²) < 4.78 is 10.5. The van der Waals surface area contributed by atoms with Crippen molar-refractivity contribution in [3.8, 4) is 11.6 Å². The van der Waals surface area contributed by atoms with Crippen molar-refractivity contribution in [2.45, 2.75) is 26.8 Å². The Morgan fingerprint density at radius 1 is 1.17 bits per heavy atom. The summed E-state index contributed by atoms with van der Waals surface area (Å²) in [5, 5.41) is 3.12. The van der Waals surface area contributed by atoms with Crippen LogP contribution in [0.15, 0.2) is 36.7 Å². The minimum absolute atomic E-state index is 0.201. The van der Waals surface area contributed by atoms with Gasteiger partial charge in [0.1, 0.15) is 5.75 Å². The van der Waals surface area contributed by atoms with Crippen LogP contribution in [0.3, 0.4) is 0 Å². The molecule has 0 amide bonds. The van der Waals surface area contributed by atoms with E-state index in [1.54, 1.807) is 19.3 Å². The fourth-order valence-corrected chi connectivity index (χ4v) is 1.85. The summed E-state index contributed by atoms with van der Waals surface area (Å²) in [6.07, 6.45) is 3.58. The number of benzene rings is 1. The van der Waals surface area contributed by atoms with Gasteiger partial charge in [0.25, 0.3) is 0 Å². The largest absolute Gasteiger partial charge is 0.466 e. The first kappa shape index (κ1) is 16.9. The SMILES string of the molecule is CCOC(=O)CCNCc1cnc(Oc2ccc(C)cc2)cn1. The fourth-order valence-electron chi connectivity index (χ4n) is 1.85. The van der Waals surface area contributed by atoms with Gasteiger partial charge in [-0.15, -0.1) is 0 Å². The minimum atomic E-state index is -0.201. The van der Waals surface area contributed by atoms with E-state index in [0.29, 0.717) is 32.0 Å². The molecule has 0 unspecified atom stereocenters. The Morgan fingerprint density at radius 3 is 2.61 bits per heavy atom. The summed E-state index contributed by atoms with van der Waals surface area (Å²) in [5.41, 5.74) is 1.96. The average molecular weight is 315 g/mol. The molecular formula is C17H21N3O3. The lowest BCUT2D eigenvalue weighted by atomic mass is 10.2. The lowest BCUT2D eigenvalue weighted by Gasteiger charge is -2.06. The topological polar surface area (TPSA) is 73.3 Å². The molecule has 0 radical (unpaired) electrons. The van der Waals surface area contributed by atoms with Crippen LogP contribution in [0.1, 0.15) is 24.6 Å². The van der Waals surface area contributed by atoms with Crippen molar-refractivity contribution in [2.24, 2.45) is 0 Å². The van der Waals surface area contributed by atoms with Gasteiger partial charge in [-0.1, -0.05) is 17.7 Å². The molecule has 1 heterocycles. The predicted octanol–water partition coefficient (Wildman–Crippen LogP) is 2.62. The van der Waals surface area contributed by atoms with Crippen LogP contribution in [-0.4, -0.2) is 29.1 Å². The third-order valence-electron chi connectivity index (χ3n) is 3.04. The highest BCUT2D eigenvalue weighted by Crippen LogP contribution is 2.18. The molecular weight excluding hydrogens is 294 g/mol. The van der Waals surface area contributed by atoms with Crippen LogP contribution in [0.2, 0.25) is 0 Å². The van der Waals surface area contributed by atoms with Crippen LogP contribution in [0, 0.1) is 6.92 Å². The second-order valence-electron chi connectivity index (χ2n) is 4.99. The Hall–Kier alpha value is -2.47. The van der Waals surface area contributed by atoms with Crippen molar-refractivity contribution in [3.63, 3.8) is 0 Å². The van der Waals surface area contributed by atoms with Gasteiger partial charge in [0.15, 0.2) is 0 Å². The zero-order chi connectivity index (χ0) is 16.5. The van der Waals surface area contributed by atoms with Gasteiger partial charge in [-0.05, 0) is 26.0 Å². The van der Waals surface area contributed by atoms with Crippen molar-refractivity contribution in [1.82, 2.24) is 15.3 Å². The molecule has 6 nitrogen and oxygen atoms in total. The summed E-state index contributed by atoms with van der Waals surface area (Å²) in [6, 6.07) is 7.74. The number of hydrogen-bond acceptors (Lipinski definition) is 6. The molecule has 6 heteroatoms. The standard InChI is InChI=1S/C17H21N3O3/c1-3-22-17(21)8-9-18-10-14-11-20-16(12-19-14)23-15-6-4-13(2)5-7-15/h4-7,11-12,18H,3,8-10H2,1-2H3. The normalized spacial score (nSPS) is 10.3. The lowest BCUT2D eigenvalue weighted by Crippen LogP contribution is -2.19. The maximum atomic E-state index is 11.2. The van der Waals surface area contributed by atoms with E-state index in [4.69, 9.17) is 9.47 Å². The number of hydrogen-bond donors (Lipinski definition) is 1. The molecule has 0 aliphatic carbocycles. The number of aromatic nitrogens is 2. The Balaban J connectivity index is 1.76. The molecule has 23 heavy (non-hydrogen) atoms. The molecule has 0 aliphatic heterocycles. The summed E-state index contributed by atoms with van der Waals surface area (Å²) >= 11 is 0. The molecule has 0 spiro atoms. The van der Waals surface area contributed by atoms with Crippen LogP contribution >= 0.6 is 0 Å². The summed E-state index contributed by atoms with van der Waals surface area (Å²) in [4.78, 5) is 19.7. The Labute approximate surface area is 135 Å². The second kappa shape index (κ2) is 8.85. The molecule has 1 N–H and O–H groups in total. The summed E-state index contributed by atoms with van der Waals surface area (Å²) in [6.45, 7) is 5.31. The number of aryl methyl sites for hydroxylation is 1. The molecule has 0 fully saturated rings. The maximum Gasteiger partial charge on any atom is 0.307 e. The van der Waals surface area contributed by atoms with E-state index in [9.17, 15) is 4.79 Å². The van der Waals surface area contributed by atoms with Crippen LogP contribution in [-0.2, 0) is 16.1 Å². The van der Waals surface area contributed by atoms with Gasteiger partial charge in [0.05, 0.1) is 31.1 Å². The van der Waals surface area contributed by atoms with Gasteiger partial charge in [-0.25, -0.2) is 4.98 Å². The molecule has 0 bridgehead atoms. The second-order valence-corrected chi connectivity index (χ2v) is 4.99. The zero-order valence-electron chi connectivity index (χ0n) is 13.4. The molecule has 0 saturated heterocycles. The number of nitrogens with one attached hydrogen (secondary N) is 1. The van der Waals surface area contributed by atoms with Gasteiger partial charge in [-0.2, -0.15) is 0 Å². The van der Waals surface area contributed by atoms with E-state index in [2.05, 4.69) is 15.3 Å². The third kappa shape index (κ3) is 6.04. The highest BCUT2D eigenvalue weighted by atomic mass is 16.5. The van der Waals surface area contributed by atoms with Crippen molar-refractivity contribution in [3.05, 3.63) is 47.9 Å².